The first kappa shape index (κ1) is 10.1. The van der Waals surface area contributed by atoms with Gasteiger partial charge in [-0.15, -0.1) is 0 Å². The molecule has 0 fully saturated rings. The van der Waals surface area contributed by atoms with Crippen LogP contribution in [0.25, 0.3) is 0 Å². The molecule has 1 amide bonds. The van der Waals surface area contributed by atoms with Crippen molar-refractivity contribution >= 4 is 17.0 Å². The lowest BCUT2D eigenvalue weighted by molar-refractivity contribution is 0.230. The van der Waals surface area contributed by atoms with Crippen molar-refractivity contribution in [2.45, 2.75) is 13.5 Å². The number of carbonyl (C=O) groups excluding carboxylic acids is 1. The van der Waals surface area contributed by atoms with Crippen LogP contribution in [0.4, 0.5) is 4.79 Å². The molecule has 70 valence electrons. The molecule has 0 atom stereocenters. The molecule has 3 heteroatoms. The Morgan fingerprint density at radius 1 is 1.38 bits per heavy atom. The van der Waals surface area contributed by atoms with Crippen LogP contribution >= 0.6 is 11.6 Å². The van der Waals surface area contributed by atoms with Crippen molar-refractivity contribution in [3.63, 3.8) is 0 Å². The Bertz CT molecular complexity index is 294. The van der Waals surface area contributed by atoms with Crippen LogP contribution in [0.3, 0.4) is 0 Å². The van der Waals surface area contributed by atoms with E-state index in [-0.39, 0.29) is 0 Å². The summed E-state index contributed by atoms with van der Waals surface area (Å²) in [5.74, 6) is 0. The number of carbonyl (C=O) groups is 1. The molecule has 1 rings (SSSR count). The average molecular weight is 198 g/mol. The van der Waals surface area contributed by atoms with E-state index in [1.807, 2.05) is 31.2 Å². The van der Waals surface area contributed by atoms with Gasteiger partial charge in [-0.25, -0.2) is 0 Å². The van der Waals surface area contributed by atoms with E-state index in [0.717, 1.165) is 5.56 Å². The molecule has 0 aliphatic rings. The monoisotopic (exact) mass is 197 g/mol. The van der Waals surface area contributed by atoms with Crippen molar-refractivity contribution in [2.24, 2.45) is 0 Å². The predicted octanol–water partition coefficient (Wildman–Crippen LogP) is 2.79. The Morgan fingerprint density at radius 3 is 2.38 bits per heavy atom. The fraction of sp³-hybridized carbons (Fsp3) is 0.300. The number of hydrogen-bond donors (Lipinski definition) is 0. The molecule has 0 bridgehead atoms. The molecule has 0 unspecified atom stereocenters. The molecule has 0 aliphatic heterocycles. The Kier molecular flexibility index (Phi) is 3.32. The molecule has 0 saturated heterocycles. The third-order valence-corrected chi connectivity index (χ3v) is 2.13. The van der Waals surface area contributed by atoms with Crippen LogP contribution in [0.15, 0.2) is 24.3 Å². The minimum absolute atomic E-state index is 0.430. The maximum atomic E-state index is 10.7. The second-order valence-corrected chi connectivity index (χ2v) is 3.42. The van der Waals surface area contributed by atoms with Gasteiger partial charge in [0.25, 0.3) is 0 Å². The normalized spacial score (nSPS) is 9.77. The zero-order chi connectivity index (χ0) is 9.84. The van der Waals surface area contributed by atoms with E-state index in [0.29, 0.717) is 6.54 Å². The summed E-state index contributed by atoms with van der Waals surface area (Å²) in [7, 11) is 1.68. The van der Waals surface area contributed by atoms with E-state index in [1.54, 1.807) is 7.05 Å². The van der Waals surface area contributed by atoms with Crippen LogP contribution in [0.2, 0.25) is 0 Å². The van der Waals surface area contributed by atoms with Crippen LogP contribution in [-0.4, -0.2) is 17.3 Å². The number of hydrogen-bond acceptors (Lipinski definition) is 1. The first-order valence-electron chi connectivity index (χ1n) is 4.06. The fourth-order valence-electron chi connectivity index (χ4n) is 1.03. The molecule has 2 nitrogen and oxygen atoms in total. The third-order valence-electron chi connectivity index (χ3n) is 1.84. The topological polar surface area (TPSA) is 20.3 Å². The van der Waals surface area contributed by atoms with Gasteiger partial charge in [-0.2, -0.15) is 0 Å². The molecule has 0 N–H and O–H groups in total. The zero-order valence-corrected chi connectivity index (χ0v) is 8.51. The van der Waals surface area contributed by atoms with Crippen LogP contribution in [0.5, 0.6) is 0 Å². The Morgan fingerprint density at radius 2 is 1.92 bits per heavy atom. The highest BCUT2D eigenvalue weighted by Gasteiger charge is 2.04. The third kappa shape index (κ3) is 3.07. The quantitative estimate of drug-likeness (QED) is 0.528. The molecule has 0 aromatic heterocycles. The highest BCUT2D eigenvalue weighted by molar-refractivity contribution is 6.62. The van der Waals surface area contributed by atoms with Gasteiger partial charge >= 0.3 is 5.37 Å². The molecule has 1 aromatic carbocycles. The van der Waals surface area contributed by atoms with E-state index in [4.69, 9.17) is 11.6 Å². The van der Waals surface area contributed by atoms with E-state index >= 15 is 0 Å². The van der Waals surface area contributed by atoms with Gasteiger partial charge < -0.3 is 4.90 Å². The van der Waals surface area contributed by atoms with Gasteiger partial charge in [0.05, 0.1) is 0 Å². The van der Waals surface area contributed by atoms with Gasteiger partial charge in [0.1, 0.15) is 0 Å². The molecule has 13 heavy (non-hydrogen) atoms. The second-order valence-electron chi connectivity index (χ2n) is 3.09. The van der Waals surface area contributed by atoms with Gasteiger partial charge in [0.15, 0.2) is 0 Å². The van der Waals surface area contributed by atoms with Gasteiger partial charge in [-0.1, -0.05) is 29.8 Å². The van der Waals surface area contributed by atoms with Crippen molar-refractivity contribution in [1.82, 2.24) is 4.90 Å². The van der Waals surface area contributed by atoms with Crippen molar-refractivity contribution in [3.8, 4) is 0 Å². The predicted molar refractivity (Wildman–Crippen MR) is 53.9 cm³/mol. The van der Waals surface area contributed by atoms with Gasteiger partial charge in [0, 0.05) is 13.6 Å². The highest BCUT2D eigenvalue weighted by atomic mass is 35.5. The van der Waals surface area contributed by atoms with Crippen molar-refractivity contribution < 1.29 is 4.79 Å². The molecule has 0 saturated carbocycles. The van der Waals surface area contributed by atoms with Crippen LogP contribution in [0, 0.1) is 6.92 Å². The number of halogens is 1. The maximum Gasteiger partial charge on any atom is 0.316 e. The summed E-state index contributed by atoms with van der Waals surface area (Å²) >= 11 is 5.30. The Labute approximate surface area is 83.1 Å². The second kappa shape index (κ2) is 4.28. The first-order chi connectivity index (χ1) is 6.09. The molecule has 0 aliphatic carbocycles. The minimum Gasteiger partial charge on any atom is -0.328 e. The van der Waals surface area contributed by atoms with E-state index < -0.39 is 5.37 Å². The van der Waals surface area contributed by atoms with E-state index in [2.05, 4.69) is 0 Å². The SMILES string of the molecule is Cc1ccc(CN(C)C(=O)Cl)cc1. The number of aryl methyl sites for hydroxylation is 1. The Hall–Kier alpha value is -1.02. The van der Waals surface area contributed by atoms with Crippen molar-refractivity contribution in [1.29, 1.82) is 0 Å². The highest BCUT2D eigenvalue weighted by Crippen LogP contribution is 2.06. The maximum absolute atomic E-state index is 10.7. The van der Waals surface area contributed by atoms with Crippen molar-refractivity contribution in [3.05, 3.63) is 35.4 Å². The zero-order valence-electron chi connectivity index (χ0n) is 7.75. The fourth-order valence-corrected chi connectivity index (χ4v) is 1.09. The number of amides is 1. The lowest BCUT2D eigenvalue weighted by Crippen LogP contribution is -2.19. The minimum atomic E-state index is -0.430. The molecule has 0 spiro atoms. The Balaban J connectivity index is 2.64. The molecular weight excluding hydrogens is 186 g/mol. The van der Waals surface area contributed by atoms with Gasteiger partial charge in [-0.05, 0) is 24.1 Å². The van der Waals surface area contributed by atoms with E-state index in [1.165, 1.54) is 10.5 Å². The largest absolute Gasteiger partial charge is 0.328 e. The molecular formula is C10H12ClNO. The summed E-state index contributed by atoms with van der Waals surface area (Å²) in [6, 6.07) is 8.01. The summed E-state index contributed by atoms with van der Waals surface area (Å²) < 4.78 is 0. The number of nitrogens with zero attached hydrogens (tertiary/aromatic N) is 1. The lowest BCUT2D eigenvalue weighted by Gasteiger charge is -2.12. The smallest absolute Gasteiger partial charge is 0.316 e. The van der Waals surface area contributed by atoms with Gasteiger partial charge in [0.2, 0.25) is 0 Å². The molecule has 0 radical (unpaired) electrons. The summed E-state index contributed by atoms with van der Waals surface area (Å²) in [5, 5.41) is -0.430. The van der Waals surface area contributed by atoms with Crippen LogP contribution in [-0.2, 0) is 6.54 Å². The van der Waals surface area contributed by atoms with Crippen LogP contribution < -0.4 is 0 Å². The molecule has 0 heterocycles. The lowest BCUT2D eigenvalue weighted by atomic mass is 10.1. The van der Waals surface area contributed by atoms with Gasteiger partial charge in [-0.3, -0.25) is 4.79 Å². The van der Waals surface area contributed by atoms with Crippen LogP contribution in [0.1, 0.15) is 11.1 Å². The summed E-state index contributed by atoms with van der Waals surface area (Å²) in [5.41, 5.74) is 2.30. The van der Waals surface area contributed by atoms with E-state index in [9.17, 15) is 4.79 Å². The number of rotatable bonds is 2. The summed E-state index contributed by atoms with van der Waals surface area (Å²) in [6.07, 6.45) is 0. The summed E-state index contributed by atoms with van der Waals surface area (Å²) in [4.78, 5) is 12.2. The van der Waals surface area contributed by atoms with Crippen molar-refractivity contribution in [2.75, 3.05) is 7.05 Å². The first-order valence-corrected chi connectivity index (χ1v) is 4.43. The molecule has 1 aromatic rings. The summed E-state index contributed by atoms with van der Waals surface area (Å²) in [6.45, 7) is 2.59. The number of benzene rings is 1. The standard InChI is InChI=1S/C10H12ClNO/c1-8-3-5-9(6-4-8)7-12(2)10(11)13/h3-6H,7H2,1-2H3. The average Bonchev–Trinajstić information content (AvgIpc) is 2.08.